The Labute approximate surface area is 104 Å². The summed E-state index contributed by atoms with van der Waals surface area (Å²) in [6, 6.07) is 3.49. The lowest BCUT2D eigenvalue weighted by Gasteiger charge is -2.21. The van der Waals surface area contributed by atoms with Gasteiger partial charge in [-0.1, -0.05) is 32.9 Å². The van der Waals surface area contributed by atoms with Gasteiger partial charge in [0.15, 0.2) is 0 Å². The van der Waals surface area contributed by atoms with E-state index in [1.165, 1.54) is 0 Å². The summed E-state index contributed by atoms with van der Waals surface area (Å²) in [7, 11) is 0. The second-order valence-electron chi connectivity index (χ2n) is 6.08. The number of halogens is 1. The third-order valence-electron chi connectivity index (χ3n) is 3.01. The van der Waals surface area contributed by atoms with Gasteiger partial charge in [-0.3, -0.25) is 0 Å². The molecule has 1 aromatic carbocycles. The smallest absolute Gasteiger partial charge is 0.129 e. The second kappa shape index (κ2) is 5.18. The lowest BCUT2D eigenvalue weighted by molar-refractivity contribution is 0.147. The molecule has 1 aromatic rings. The quantitative estimate of drug-likeness (QED) is 0.832. The van der Waals surface area contributed by atoms with Gasteiger partial charge in [-0.25, -0.2) is 4.39 Å². The fourth-order valence-electron chi connectivity index (χ4n) is 1.91. The highest BCUT2D eigenvalue weighted by molar-refractivity contribution is 5.31. The molecule has 0 saturated carbocycles. The van der Waals surface area contributed by atoms with E-state index < -0.39 is 6.10 Å². The molecule has 0 aliphatic carbocycles. The lowest BCUT2D eigenvalue weighted by atomic mass is 9.87. The zero-order chi connectivity index (χ0) is 13.2. The minimum atomic E-state index is -0.493. The van der Waals surface area contributed by atoms with Crippen LogP contribution in [-0.2, 0) is 0 Å². The molecule has 1 nitrogen and oxygen atoms in total. The van der Waals surface area contributed by atoms with Crippen molar-refractivity contribution >= 4 is 0 Å². The third-order valence-corrected chi connectivity index (χ3v) is 3.01. The van der Waals surface area contributed by atoms with Crippen LogP contribution in [0.5, 0.6) is 0 Å². The van der Waals surface area contributed by atoms with Crippen LogP contribution >= 0.6 is 0 Å². The van der Waals surface area contributed by atoms with Crippen molar-refractivity contribution in [2.45, 2.75) is 53.6 Å². The topological polar surface area (TPSA) is 20.2 Å². The Morgan fingerprint density at radius 1 is 1.18 bits per heavy atom. The van der Waals surface area contributed by atoms with E-state index >= 15 is 0 Å². The predicted octanol–water partition coefficient (Wildman–Crippen LogP) is 4.30. The Balaban J connectivity index is 2.79. The Bertz CT molecular complexity index is 367. The van der Waals surface area contributed by atoms with Gasteiger partial charge >= 0.3 is 0 Å². The summed E-state index contributed by atoms with van der Waals surface area (Å²) in [5.74, 6) is -0.170. The van der Waals surface area contributed by atoms with Crippen LogP contribution in [0, 0.1) is 25.1 Å². The zero-order valence-corrected chi connectivity index (χ0v) is 11.5. The van der Waals surface area contributed by atoms with E-state index in [1.54, 1.807) is 26.0 Å². The SMILES string of the molecule is Cc1cc(C(O)CCC(C)(C)C)cc(C)c1F. The molecule has 0 fully saturated rings. The molecule has 0 bridgehead atoms. The molecule has 17 heavy (non-hydrogen) atoms. The van der Waals surface area contributed by atoms with Gasteiger partial charge in [0.05, 0.1) is 6.10 Å². The summed E-state index contributed by atoms with van der Waals surface area (Å²) < 4.78 is 13.5. The van der Waals surface area contributed by atoms with Crippen molar-refractivity contribution in [2.24, 2.45) is 5.41 Å². The van der Waals surface area contributed by atoms with Gasteiger partial charge < -0.3 is 5.11 Å². The monoisotopic (exact) mass is 238 g/mol. The van der Waals surface area contributed by atoms with Gasteiger partial charge in [0.1, 0.15) is 5.82 Å². The number of aryl methyl sites for hydroxylation is 2. The Hall–Kier alpha value is -0.890. The van der Waals surface area contributed by atoms with Crippen molar-refractivity contribution in [1.29, 1.82) is 0 Å². The number of hydrogen-bond acceptors (Lipinski definition) is 1. The molecule has 1 atom stereocenters. The molecular formula is C15H23FO. The molecule has 2 heteroatoms. The maximum absolute atomic E-state index is 13.5. The third kappa shape index (κ3) is 4.12. The van der Waals surface area contributed by atoms with Gasteiger partial charge in [0.25, 0.3) is 0 Å². The maximum atomic E-state index is 13.5. The molecule has 1 rings (SSSR count). The lowest BCUT2D eigenvalue weighted by Crippen LogP contribution is -2.08. The minimum Gasteiger partial charge on any atom is -0.388 e. The van der Waals surface area contributed by atoms with Gasteiger partial charge in [0, 0.05) is 0 Å². The Morgan fingerprint density at radius 3 is 2.06 bits per heavy atom. The molecule has 0 amide bonds. The largest absolute Gasteiger partial charge is 0.388 e. The van der Waals surface area contributed by atoms with Crippen LogP contribution in [0.15, 0.2) is 12.1 Å². The standard InChI is InChI=1S/C15H23FO/c1-10-8-12(9-11(2)14(10)16)13(17)6-7-15(3,4)5/h8-9,13,17H,6-7H2,1-5H3. The molecule has 0 aliphatic rings. The number of aliphatic hydroxyl groups excluding tert-OH is 1. The van der Waals surface area contributed by atoms with E-state index in [0.29, 0.717) is 17.5 Å². The van der Waals surface area contributed by atoms with Crippen molar-refractivity contribution in [3.8, 4) is 0 Å². The normalized spacial score (nSPS) is 13.8. The average Bonchev–Trinajstić information content (AvgIpc) is 2.20. The van der Waals surface area contributed by atoms with Crippen LogP contribution in [0.3, 0.4) is 0 Å². The summed E-state index contributed by atoms with van der Waals surface area (Å²) >= 11 is 0. The maximum Gasteiger partial charge on any atom is 0.129 e. The molecule has 1 N–H and O–H groups in total. The first-order valence-electron chi connectivity index (χ1n) is 6.15. The molecule has 0 saturated heterocycles. The van der Waals surface area contributed by atoms with E-state index in [-0.39, 0.29) is 11.2 Å². The number of aliphatic hydroxyl groups is 1. The van der Waals surface area contributed by atoms with Crippen LogP contribution in [0.2, 0.25) is 0 Å². The Kier molecular flexibility index (Phi) is 4.31. The first-order valence-corrected chi connectivity index (χ1v) is 6.15. The Morgan fingerprint density at radius 2 is 1.65 bits per heavy atom. The van der Waals surface area contributed by atoms with E-state index in [9.17, 15) is 9.50 Å². The van der Waals surface area contributed by atoms with E-state index in [2.05, 4.69) is 20.8 Å². The van der Waals surface area contributed by atoms with Gasteiger partial charge in [-0.05, 0) is 48.8 Å². The van der Waals surface area contributed by atoms with Crippen LogP contribution in [0.25, 0.3) is 0 Å². The van der Waals surface area contributed by atoms with Crippen LogP contribution < -0.4 is 0 Å². The fraction of sp³-hybridized carbons (Fsp3) is 0.600. The highest BCUT2D eigenvalue weighted by Crippen LogP contribution is 2.28. The van der Waals surface area contributed by atoms with E-state index in [0.717, 1.165) is 12.0 Å². The summed E-state index contributed by atoms with van der Waals surface area (Å²) in [4.78, 5) is 0. The van der Waals surface area contributed by atoms with Crippen molar-refractivity contribution in [3.05, 3.63) is 34.6 Å². The molecule has 0 aliphatic heterocycles. The van der Waals surface area contributed by atoms with Crippen molar-refractivity contribution in [2.75, 3.05) is 0 Å². The minimum absolute atomic E-state index is 0.170. The van der Waals surface area contributed by atoms with Crippen LogP contribution in [0.4, 0.5) is 4.39 Å². The van der Waals surface area contributed by atoms with Crippen LogP contribution in [-0.4, -0.2) is 5.11 Å². The molecule has 0 spiro atoms. The van der Waals surface area contributed by atoms with Gasteiger partial charge in [-0.15, -0.1) is 0 Å². The molecule has 0 heterocycles. The van der Waals surface area contributed by atoms with Crippen molar-refractivity contribution < 1.29 is 9.50 Å². The number of hydrogen-bond donors (Lipinski definition) is 1. The molecular weight excluding hydrogens is 215 g/mol. The first kappa shape index (κ1) is 14.2. The zero-order valence-electron chi connectivity index (χ0n) is 11.5. The van der Waals surface area contributed by atoms with Gasteiger partial charge in [0.2, 0.25) is 0 Å². The van der Waals surface area contributed by atoms with E-state index in [4.69, 9.17) is 0 Å². The molecule has 0 radical (unpaired) electrons. The molecule has 96 valence electrons. The number of rotatable bonds is 3. The highest BCUT2D eigenvalue weighted by atomic mass is 19.1. The highest BCUT2D eigenvalue weighted by Gasteiger charge is 2.16. The summed E-state index contributed by atoms with van der Waals surface area (Å²) in [6.07, 6.45) is 1.17. The summed E-state index contributed by atoms with van der Waals surface area (Å²) in [5.41, 5.74) is 2.25. The van der Waals surface area contributed by atoms with E-state index in [1.807, 2.05) is 0 Å². The molecule has 0 aromatic heterocycles. The van der Waals surface area contributed by atoms with Crippen LogP contribution in [0.1, 0.15) is 56.4 Å². The first-order chi connectivity index (χ1) is 7.70. The van der Waals surface area contributed by atoms with Gasteiger partial charge in [-0.2, -0.15) is 0 Å². The summed E-state index contributed by atoms with van der Waals surface area (Å²) in [5, 5.41) is 10.1. The van der Waals surface area contributed by atoms with Crippen molar-refractivity contribution in [3.63, 3.8) is 0 Å². The predicted molar refractivity (Wildman–Crippen MR) is 69.5 cm³/mol. The fourth-order valence-corrected chi connectivity index (χ4v) is 1.91. The average molecular weight is 238 g/mol. The second-order valence-corrected chi connectivity index (χ2v) is 6.08. The summed E-state index contributed by atoms with van der Waals surface area (Å²) in [6.45, 7) is 9.94. The number of benzene rings is 1. The van der Waals surface area contributed by atoms with Crippen molar-refractivity contribution in [1.82, 2.24) is 0 Å². The molecule has 1 unspecified atom stereocenters.